The largest absolute Gasteiger partial charge is 0.375 e. The van der Waals surface area contributed by atoms with Crippen LogP contribution >= 0.6 is 0 Å². The van der Waals surface area contributed by atoms with E-state index in [-0.39, 0.29) is 10.9 Å². The van der Waals surface area contributed by atoms with Crippen LogP contribution in [0.4, 0.5) is 0 Å². The second-order valence-corrected chi connectivity index (χ2v) is 9.86. The van der Waals surface area contributed by atoms with Crippen LogP contribution in [0.5, 0.6) is 0 Å². The number of fused-ring (bicyclic) bond motifs is 2. The molecule has 0 radical (unpaired) electrons. The van der Waals surface area contributed by atoms with Gasteiger partial charge in [-0.2, -0.15) is 4.31 Å². The lowest BCUT2D eigenvalue weighted by Gasteiger charge is -2.33. The van der Waals surface area contributed by atoms with E-state index >= 15 is 0 Å². The number of benzene rings is 2. The molecule has 1 aliphatic heterocycles. The zero-order valence-corrected chi connectivity index (χ0v) is 17.0. The van der Waals surface area contributed by atoms with Crippen LogP contribution in [-0.4, -0.2) is 30.4 Å². The Kier molecular flexibility index (Phi) is 4.86. The van der Waals surface area contributed by atoms with Crippen molar-refractivity contribution in [3.8, 4) is 0 Å². The summed E-state index contributed by atoms with van der Waals surface area (Å²) in [5, 5.41) is 0.830. The third kappa shape index (κ3) is 3.68. The second kappa shape index (κ2) is 7.52. The van der Waals surface area contributed by atoms with Crippen LogP contribution in [-0.2, 0) is 27.9 Å². The summed E-state index contributed by atoms with van der Waals surface area (Å²) in [6.07, 6.45) is 4.85. The van der Waals surface area contributed by atoms with Gasteiger partial charge in [0.2, 0.25) is 10.0 Å². The van der Waals surface area contributed by atoms with Gasteiger partial charge in [-0.3, -0.25) is 4.98 Å². The van der Waals surface area contributed by atoms with Crippen molar-refractivity contribution in [2.24, 2.45) is 5.92 Å². The fourth-order valence-electron chi connectivity index (χ4n) is 4.15. The van der Waals surface area contributed by atoms with Crippen LogP contribution in [0.15, 0.2) is 65.7 Å². The summed E-state index contributed by atoms with van der Waals surface area (Å²) in [5.41, 5.74) is 2.58. The zero-order valence-electron chi connectivity index (χ0n) is 16.2. The van der Waals surface area contributed by atoms with E-state index < -0.39 is 10.0 Å². The number of para-hydroxylation sites is 1. The lowest BCUT2D eigenvalue weighted by atomic mass is 10.1. The summed E-state index contributed by atoms with van der Waals surface area (Å²) in [4.78, 5) is 4.66. The van der Waals surface area contributed by atoms with Gasteiger partial charge in [0, 0.05) is 24.2 Å². The molecule has 0 N–H and O–H groups in total. The standard InChI is InChI=1S/C23H24N2O3S/c26-29(27,22-9-3-7-18-8-4-12-24-23(18)22)25-14-19-5-1-2-6-20(19)15-28-16-21(25)13-17-10-11-17/h1-9,12,17,21H,10-11,13-16H2/t21-/m1/s1. The van der Waals surface area contributed by atoms with Gasteiger partial charge in [0.1, 0.15) is 4.90 Å². The fraction of sp³-hybridized carbons (Fsp3) is 0.348. The van der Waals surface area contributed by atoms with Crippen LogP contribution < -0.4 is 0 Å². The summed E-state index contributed by atoms with van der Waals surface area (Å²) in [7, 11) is -3.75. The van der Waals surface area contributed by atoms with Crippen LogP contribution in [0, 0.1) is 5.92 Å². The first-order chi connectivity index (χ1) is 14.1. The lowest BCUT2D eigenvalue weighted by molar-refractivity contribution is 0.0624. The quantitative estimate of drug-likeness (QED) is 0.651. The predicted molar refractivity (Wildman–Crippen MR) is 112 cm³/mol. The highest BCUT2D eigenvalue weighted by Crippen LogP contribution is 2.37. The van der Waals surface area contributed by atoms with Crippen molar-refractivity contribution in [1.82, 2.24) is 9.29 Å². The minimum absolute atomic E-state index is 0.167. The molecule has 2 heterocycles. The molecular formula is C23H24N2O3S. The molecule has 29 heavy (non-hydrogen) atoms. The van der Waals surface area contributed by atoms with E-state index in [1.165, 1.54) is 12.8 Å². The molecule has 6 heteroatoms. The van der Waals surface area contributed by atoms with Crippen LogP contribution in [0.3, 0.4) is 0 Å². The number of aromatic nitrogens is 1. The van der Waals surface area contributed by atoms with Gasteiger partial charge >= 0.3 is 0 Å². The summed E-state index contributed by atoms with van der Waals surface area (Å²) in [6.45, 7) is 1.31. The van der Waals surface area contributed by atoms with Crippen molar-refractivity contribution < 1.29 is 13.2 Å². The summed E-state index contributed by atoms with van der Waals surface area (Å²) >= 11 is 0. The third-order valence-electron chi connectivity index (χ3n) is 5.90. The van der Waals surface area contributed by atoms with E-state index in [1.54, 1.807) is 22.6 Å². The number of sulfonamides is 1. The Morgan fingerprint density at radius 2 is 1.79 bits per heavy atom. The van der Waals surface area contributed by atoms with Crippen molar-refractivity contribution in [3.63, 3.8) is 0 Å². The fourth-order valence-corrected chi connectivity index (χ4v) is 5.92. The van der Waals surface area contributed by atoms with Crippen molar-refractivity contribution in [3.05, 3.63) is 71.9 Å². The van der Waals surface area contributed by atoms with Gasteiger partial charge in [-0.1, -0.05) is 55.3 Å². The number of nitrogens with zero attached hydrogens (tertiary/aromatic N) is 2. The van der Waals surface area contributed by atoms with Crippen molar-refractivity contribution in [2.45, 2.75) is 43.4 Å². The van der Waals surface area contributed by atoms with E-state index in [9.17, 15) is 8.42 Å². The molecule has 3 aromatic rings. The molecule has 2 aliphatic rings. The Morgan fingerprint density at radius 1 is 1.00 bits per heavy atom. The summed E-state index contributed by atoms with van der Waals surface area (Å²) in [6, 6.07) is 16.9. The minimum Gasteiger partial charge on any atom is -0.375 e. The monoisotopic (exact) mass is 408 g/mol. The highest BCUT2D eigenvalue weighted by molar-refractivity contribution is 7.89. The number of rotatable bonds is 4. The van der Waals surface area contributed by atoms with Crippen molar-refractivity contribution in [2.75, 3.05) is 6.61 Å². The first-order valence-electron chi connectivity index (χ1n) is 10.1. The molecule has 0 saturated heterocycles. The topological polar surface area (TPSA) is 59.5 Å². The summed E-state index contributed by atoms with van der Waals surface area (Å²) < 4.78 is 35.5. The molecule has 1 aliphatic carbocycles. The molecule has 5 rings (SSSR count). The number of pyridine rings is 1. The molecule has 1 aromatic heterocycles. The molecular weight excluding hydrogens is 384 g/mol. The smallest absolute Gasteiger partial charge is 0.245 e. The van der Waals surface area contributed by atoms with Crippen LogP contribution in [0.1, 0.15) is 30.4 Å². The molecule has 0 spiro atoms. The highest BCUT2D eigenvalue weighted by atomic mass is 32.2. The molecule has 0 bridgehead atoms. The number of hydrogen-bond donors (Lipinski definition) is 0. The normalized spacial score (nSPS) is 20.8. The lowest BCUT2D eigenvalue weighted by Crippen LogP contribution is -2.44. The van der Waals surface area contributed by atoms with Gasteiger partial charge in [-0.15, -0.1) is 0 Å². The highest BCUT2D eigenvalue weighted by Gasteiger charge is 2.37. The molecule has 2 aromatic carbocycles. The zero-order chi connectivity index (χ0) is 19.8. The molecule has 1 atom stereocenters. The average Bonchev–Trinajstić information content (AvgIpc) is 3.54. The molecule has 1 saturated carbocycles. The molecule has 0 amide bonds. The van der Waals surface area contributed by atoms with Crippen LogP contribution in [0.2, 0.25) is 0 Å². The molecule has 150 valence electrons. The maximum Gasteiger partial charge on any atom is 0.245 e. The Bertz CT molecular complexity index is 1140. The van der Waals surface area contributed by atoms with Crippen LogP contribution in [0.25, 0.3) is 10.9 Å². The first kappa shape index (κ1) is 18.7. The molecule has 5 nitrogen and oxygen atoms in total. The van der Waals surface area contributed by atoms with Gasteiger partial charge in [-0.25, -0.2) is 8.42 Å². The van der Waals surface area contributed by atoms with Crippen molar-refractivity contribution in [1.29, 1.82) is 0 Å². The molecule has 0 unspecified atom stereocenters. The van der Waals surface area contributed by atoms with E-state index in [0.717, 1.165) is 22.9 Å². The van der Waals surface area contributed by atoms with Gasteiger partial charge < -0.3 is 4.74 Å². The van der Waals surface area contributed by atoms with E-state index in [4.69, 9.17) is 4.74 Å². The Hall–Kier alpha value is -2.28. The van der Waals surface area contributed by atoms with Gasteiger partial charge in [0.15, 0.2) is 0 Å². The molecule has 1 fully saturated rings. The second-order valence-electron chi connectivity index (χ2n) is 8.00. The first-order valence-corrected chi connectivity index (χ1v) is 11.6. The Balaban J connectivity index is 1.62. The van der Waals surface area contributed by atoms with Gasteiger partial charge in [0.05, 0.1) is 18.7 Å². The predicted octanol–water partition coefficient (Wildman–Crippen LogP) is 4.12. The number of ether oxygens (including phenoxy) is 1. The van der Waals surface area contributed by atoms with Gasteiger partial charge in [-0.05, 0) is 35.6 Å². The third-order valence-corrected chi connectivity index (χ3v) is 7.83. The van der Waals surface area contributed by atoms with E-state index in [0.29, 0.717) is 31.2 Å². The average molecular weight is 409 g/mol. The number of hydrogen-bond acceptors (Lipinski definition) is 4. The Labute approximate surface area is 171 Å². The van der Waals surface area contributed by atoms with E-state index in [2.05, 4.69) is 4.98 Å². The SMILES string of the molecule is O=S(=O)(c1cccc2cccnc12)N1Cc2ccccc2COC[C@H]1CC1CC1. The van der Waals surface area contributed by atoms with Gasteiger partial charge in [0.25, 0.3) is 0 Å². The van der Waals surface area contributed by atoms with Crippen molar-refractivity contribution >= 4 is 20.9 Å². The minimum atomic E-state index is -3.75. The van der Waals surface area contributed by atoms with E-state index in [1.807, 2.05) is 42.5 Å². The maximum absolute atomic E-state index is 13.9. The Morgan fingerprint density at radius 3 is 2.62 bits per heavy atom. The maximum atomic E-state index is 13.9. The summed E-state index contributed by atoms with van der Waals surface area (Å²) in [5.74, 6) is 0.599.